The van der Waals surface area contributed by atoms with Crippen LogP contribution in [0.4, 0.5) is 0 Å². The van der Waals surface area contributed by atoms with Crippen LogP contribution in [0.1, 0.15) is 0 Å². The lowest BCUT2D eigenvalue weighted by Gasteiger charge is -2.13. The quantitative estimate of drug-likeness (QED) is 0.549. The molecule has 2 rings (SSSR count). The molecule has 100 valence electrons. The molecular formula is C13H7Cl5O. The Morgan fingerprint density at radius 1 is 0.684 bits per heavy atom. The van der Waals surface area contributed by atoms with E-state index in [1.807, 2.05) is 0 Å². The summed E-state index contributed by atoms with van der Waals surface area (Å²) in [5.74, 6) is 0.439. The van der Waals surface area contributed by atoms with Crippen molar-refractivity contribution < 1.29 is 4.74 Å². The van der Waals surface area contributed by atoms with Crippen LogP contribution in [0, 0.1) is 0 Å². The van der Waals surface area contributed by atoms with Crippen molar-refractivity contribution in [1.29, 1.82) is 0 Å². The van der Waals surface area contributed by atoms with E-state index in [0.717, 1.165) is 0 Å². The Morgan fingerprint density at radius 3 is 1.79 bits per heavy atom. The average molecular weight is 356 g/mol. The van der Waals surface area contributed by atoms with E-state index < -0.39 is 0 Å². The van der Waals surface area contributed by atoms with E-state index in [1.54, 1.807) is 24.3 Å². The third-order valence-electron chi connectivity index (χ3n) is 2.58. The van der Waals surface area contributed by atoms with Crippen LogP contribution >= 0.6 is 58.0 Å². The lowest BCUT2D eigenvalue weighted by molar-refractivity contribution is 0.416. The van der Waals surface area contributed by atoms with Crippen LogP contribution in [0.15, 0.2) is 24.3 Å². The molecule has 0 fully saturated rings. The molecular weight excluding hydrogens is 349 g/mol. The number of ether oxygens (including phenoxy) is 1. The number of rotatable bonds is 2. The normalized spacial score (nSPS) is 10.6. The second-order valence-corrected chi connectivity index (χ2v) is 5.61. The van der Waals surface area contributed by atoms with E-state index in [2.05, 4.69) is 0 Å². The van der Waals surface area contributed by atoms with Gasteiger partial charge in [0.15, 0.2) is 0 Å². The number of halogens is 5. The molecule has 0 saturated carbocycles. The van der Waals surface area contributed by atoms with E-state index in [0.29, 0.717) is 37.0 Å². The van der Waals surface area contributed by atoms with Crippen molar-refractivity contribution in [3.63, 3.8) is 0 Å². The predicted octanol–water partition coefficient (Wildman–Crippen LogP) is 6.63. The van der Waals surface area contributed by atoms with Crippen molar-refractivity contribution in [1.82, 2.24) is 0 Å². The summed E-state index contributed by atoms with van der Waals surface area (Å²) >= 11 is 30.2. The van der Waals surface area contributed by atoms with E-state index in [9.17, 15) is 0 Å². The van der Waals surface area contributed by atoms with Crippen LogP contribution in [0.3, 0.4) is 0 Å². The summed E-state index contributed by atoms with van der Waals surface area (Å²) in [5.41, 5.74) is 1.37. The van der Waals surface area contributed by atoms with Gasteiger partial charge in [0.05, 0.1) is 27.2 Å². The van der Waals surface area contributed by atoms with Crippen molar-refractivity contribution in [2.75, 3.05) is 7.11 Å². The fourth-order valence-corrected chi connectivity index (χ4v) is 2.71. The highest BCUT2D eigenvalue weighted by Gasteiger charge is 2.17. The number of methoxy groups -OCH3 is 1. The second-order valence-electron chi connectivity index (χ2n) is 3.67. The van der Waals surface area contributed by atoms with Gasteiger partial charge in [-0.3, -0.25) is 0 Å². The molecule has 2 aromatic rings. The summed E-state index contributed by atoms with van der Waals surface area (Å²) < 4.78 is 5.29. The molecule has 0 heterocycles. The minimum atomic E-state index is 0.286. The first-order valence-corrected chi connectivity index (χ1v) is 7.02. The zero-order valence-corrected chi connectivity index (χ0v) is 13.4. The molecule has 0 N–H and O–H groups in total. The molecule has 19 heavy (non-hydrogen) atoms. The maximum atomic E-state index is 6.21. The lowest BCUT2D eigenvalue weighted by atomic mass is 10.0. The van der Waals surface area contributed by atoms with Gasteiger partial charge in [-0.25, -0.2) is 0 Å². The summed E-state index contributed by atoms with van der Waals surface area (Å²) in [7, 11) is 1.51. The second kappa shape index (κ2) is 5.99. The topological polar surface area (TPSA) is 9.23 Å². The van der Waals surface area contributed by atoms with Gasteiger partial charge in [-0.1, -0.05) is 64.1 Å². The first kappa shape index (κ1) is 15.1. The molecule has 0 radical (unpaired) electrons. The summed E-state index contributed by atoms with van der Waals surface area (Å²) in [6.07, 6.45) is 0. The maximum Gasteiger partial charge on any atom is 0.146 e. The Balaban J connectivity index is 2.73. The Kier molecular flexibility index (Phi) is 4.75. The van der Waals surface area contributed by atoms with E-state index >= 15 is 0 Å². The Morgan fingerprint density at radius 2 is 1.21 bits per heavy atom. The third-order valence-corrected chi connectivity index (χ3v) is 4.66. The van der Waals surface area contributed by atoms with Gasteiger partial charge in [0.25, 0.3) is 0 Å². The van der Waals surface area contributed by atoms with E-state index in [4.69, 9.17) is 62.7 Å². The average Bonchev–Trinajstić information content (AvgIpc) is 2.40. The van der Waals surface area contributed by atoms with Gasteiger partial charge < -0.3 is 4.74 Å². The highest BCUT2D eigenvalue weighted by atomic mass is 35.5. The monoisotopic (exact) mass is 354 g/mol. The minimum Gasteiger partial charge on any atom is -0.494 e. The van der Waals surface area contributed by atoms with Crippen LogP contribution in [0.25, 0.3) is 11.1 Å². The van der Waals surface area contributed by atoms with Gasteiger partial charge in [-0.2, -0.15) is 0 Å². The van der Waals surface area contributed by atoms with Gasteiger partial charge in [0.2, 0.25) is 0 Å². The smallest absolute Gasteiger partial charge is 0.146 e. The standard InChI is InChI=1S/C13H7Cl5O/c1-19-13-7(3-5-9(15)12(13)18)6-2-4-8(14)11(17)10(6)16/h2-5H,1H3. The van der Waals surface area contributed by atoms with Crippen LogP contribution in [-0.4, -0.2) is 7.11 Å². The molecule has 2 aromatic carbocycles. The maximum absolute atomic E-state index is 6.21. The third kappa shape index (κ3) is 2.76. The van der Waals surface area contributed by atoms with Gasteiger partial charge in [-0.05, 0) is 18.2 Å². The minimum absolute atomic E-state index is 0.286. The van der Waals surface area contributed by atoms with Crippen molar-refractivity contribution in [3.8, 4) is 16.9 Å². The number of benzene rings is 2. The molecule has 1 nitrogen and oxygen atoms in total. The molecule has 0 bridgehead atoms. The van der Waals surface area contributed by atoms with Crippen LogP contribution in [0.5, 0.6) is 5.75 Å². The molecule has 0 saturated heterocycles. The first-order valence-electron chi connectivity index (χ1n) is 5.13. The van der Waals surface area contributed by atoms with Gasteiger partial charge in [0, 0.05) is 11.1 Å². The van der Waals surface area contributed by atoms with Gasteiger partial charge in [0.1, 0.15) is 10.8 Å². The fraction of sp³-hybridized carbons (Fsp3) is 0.0769. The molecule has 0 spiro atoms. The Hall–Kier alpha value is -0.310. The Labute approximate surface area is 135 Å². The molecule has 0 atom stereocenters. The molecule has 0 amide bonds. The molecule has 0 aliphatic heterocycles. The highest BCUT2D eigenvalue weighted by Crippen LogP contribution is 2.45. The van der Waals surface area contributed by atoms with E-state index in [-0.39, 0.29) is 5.02 Å². The van der Waals surface area contributed by atoms with Crippen LogP contribution < -0.4 is 4.74 Å². The van der Waals surface area contributed by atoms with Crippen molar-refractivity contribution >= 4 is 58.0 Å². The van der Waals surface area contributed by atoms with Gasteiger partial charge >= 0.3 is 0 Å². The predicted molar refractivity (Wildman–Crippen MR) is 83.5 cm³/mol. The SMILES string of the molecule is COc1c(-c2ccc(Cl)c(Cl)c2Cl)ccc(Cl)c1Cl. The lowest BCUT2D eigenvalue weighted by Crippen LogP contribution is -1.91. The van der Waals surface area contributed by atoms with Crippen molar-refractivity contribution in [2.45, 2.75) is 0 Å². The summed E-state index contributed by atoms with van der Waals surface area (Å²) in [4.78, 5) is 0. The van der Waals surface area contributed by atoms with Crippen LogP contribution in [0.2, 0.25) is 25.1 Å². The molecule has 0 aliphatic rings. The summed E-state index contributed by atoms with van der Waals surface area (Å²) in [5, 5.41) is 1.73. The molecule has 0 aliphatic carbocycles. The number of hydrogen-bond donors (Lipinski definition) is 0. The van der Waals surface area contributed by atoms with E-state index in [1.165, 1.54) is 7.11 Å². The first-order chi connectivity index (χ1) is 8.97. The zero-order valence-electron chi connectivity index (χ0n) is 9.61. The highest BCUT2D eigenvalue weighted by molar-refractivity contribution is 6.49. The van der Waals surface area contributed by atoms with Gasteiger partial charge in [-0.15, -0.1) is 0 Å². The van der Waals surface area contributed by atoms with Crippen LogP contribution in [-0.2, 0) is 0 Å². The molecule has 0 unspecified atom stereocenters. The largest absolute Gasteiger partial charge is 0.494 e. The zero-order chi connectivity index (χ0) is 14.2. The summed E-state index contributed by atoms with van der Waals surface area (Å²) in [6, 6.07) is 6.84. The molecule has 6 heteroatoms. The number of hydrogen-bond acceptors (Lipinski definition) is 1. The van der Waals surface area contributed by atoms with Crippen molar-refractivity contribution in [3.05, 3.63) is 49.4 Å². The Bertz CT molecular complexity index is 639. The van der Waals surface area contributed by atoms with Crippen molar-refractivity contribution in [2.24, 2.45) is 0 Å². The fourth-order valence-electron chi connectivity index (χ4n) is 1.68. The summed E-state index contributed by atoms with van der Waals surface area (Å²) in [6.45, 7) is 0. The molecule has 0 aromatic heterocycles.